The van der Waals surface area contributed by atoms with Gasteiger partial charge in [0.05, 0.1) is 20.3 Å². The van der Waals surface area contributed by atoms with Gasteiger partial charge in [-0.15, -0.1) is 0 Å². The van der Waals surface area contributed by atoms with Crippen molar-refractivity contribution in [1.82, 2.24) is 5.32 Å². The number of methoxy groups -OCH3 is 2. The van der Waals surface area contributed by atoms with Crippen molar-refractivity contribution in [1.29, 1.82) is 0 Å². The third-order valence-electron chi connectivity index (χ3n) is 4.19. The van der Waals surface area contributed by atoms with Crippen molar-refractivity contribution in [2.24, 2.45) is 0 Å². The summed E-state index contributed by atoms with van der Waals surface area (Å²) in [5.41, 5.74) is 1.61. The smallest absolute Gasteiger partial charge is 0.220 e. The van der Waals surface area contributed by atoms with E-state index in [2.05, 4.69) is 5.32 Å². The van der Waals surface area contributed by atoms with Gasteiger partial charge in [-0.05, 0) is 31.0 Å². The van der Waals surface area contributed by atoms with Gasteiger partial charge >= 0.3 is 0 Å². The van der Waals surface area contributed by atoms with Gasteiger partial charge in [0.15, 0.2) is 17.3 Å². The molecule has 2 rings (SSSR count). The molecule has 0 aliphatic rings. The molecule has 1 N–H and O–H groups in total. The van der Waals surface area contributed by atoms with Crippen molar-refractivity contribution < 1.29 is 19.1 Å². The van der Waals surface area contributed by atoms with Crippen molar-refractivity contribution in [3.8, 4) is 11.5 Å². The van der Waals surface area contributed by atoms with E-state index in [1.165, 1.54) is 0 Å². The lowest BCUT2D eigenvalue weighted by molar-refractivity contribution is -0.121. The van der Waals surface area contributed by atoms with E-state index in [0.717, 1.165) is 5.56 Å². The number of hydrogen-bond donors (Lipinski definition) is 1. The van der Waals surface area contributed by atoms with Crippen molar-refractivity contribution >= 4 is 11.7 Å². The highest BCUT2D eigenvalue weighted by atomic mass is 16.5. The first-order chi connectivity index (χ1) is 12.5. The highest BCUT2D eigenvalue weighted by Crippen LogP contribution is 2.29. The molecule has 0 spiro atoms. The molecule has 0 radical (unpaired) electrons. The van der Waals surface area contributed by atoms with Crippen LogP contribution in [0.5, 0.6) is 11.5 Å². The number of rotatable bonds is 9. The quantitative estimate of drug-likeness (QED) is 0.692. The Balaban J connectivity index is 1.83. The van der Waals surface area contributed by atoms with E-state index in [9.17, 15) is 9.59 Å². The van der Waals surface area contributed by atoms with Crippen molar-refractivity contribution in [2.75, 3.05) is 14.2 Å². The highest BCUT2D eigenvalue weighted by Gasteiger charge is 2.13. The van der Waals surface area contributed by atoms with Crippen LogP contribution in [0.3, 0.4) is 0 Å². The summed E-state index contributed by atoms with van der Waals surface area (Å²) in [6.07, 6.45) is 1.20. The summed E-state index contributed by atoms with van der Waals surface area (Å²) >= 11 is 0. The molecule has 0 saturated heterocycles. The minimum atomic E-state index is -0.160. The monoisotopic (exact) mass is 355 g/mol. The fourth-order valence-electron chi connectivity index (χ4n) is 2.70. The Hall–Kier alpha value is -2.82. The van der Waals surface area contributed by atoms with Gasteiger partial charge in [-0.2, -0.15) is 0 Å². The summed E-state index contributed by atoms with van der Waals surface area (Å²) < 4.78 is 10.5. The van der Waals surface area contributed by atoms with Crippen LogP contribution in [0.4, 0.5) is 0 Å². The molecule has 1 unspecified atom stereocenters. The Morgan fingerprint density at radius 1 is 0.962 bits per heavy atom. The van der Waals surface area contributed by atoms with E-state index < -0.39 is 0 Å². The molecule has 1 amide bonds. The zero-order chi connectivity index (χ0) is 18.9. The van der Waals surface area contributed by atoms with Gasteiger partial charge in [-0.3, -0.25) is 9.59 Å². The molecule has 0 aromatic heterocycles. The molecule has 0 aliphatic carbocycles. The van der Waals surface area contributed by atoms with Gasteiger partial charge in [0, 0.05) is 18.4 Å². The largest absolute Gasteiger partial charge is 0.493 e. The zero-order valence-electron chi connectivity index (χ0n) is 15.5. The summed E-state index contributed by atoms with van der Waals surface area (Å²) in [6, 6.07) is 14.5. The second-order valence-electron chi connectivity index (χ2n) is 6.05. The van der Waals surface area contributed by atoms with E-state index in [1.54, 1.807) is 26.4 Å². The van der Waals surface area contributed by atoms with Crippen LogP contribution in [0.25, 0.3) is 0 Å². The summed E-state index contributed by atoms with van der Waals surface area (Å²) in [5.74, 6) is 1.26. The molecule has 1 atom stereocenters. The fraction of sp³-hybridized carbons (Fsp3) is 0.333. The number of Topliss-reactive ketones (excluding diaryl/α,β-unsaturated/α-hetero) is 1. The van der Waals surface area contributed by atoms with Crippen LogP contribution in [0.1, 0.15) is 48.1 Å². The topological polar surface area (TPSA) is 64.6 Å². The number of hydrogen-bond acceptors (Lipinski definition) is 4. The lowest BCUT2D eigenvalue weighted by Gasteiger charge is -2.16. The molecule has 0 heterocycles. The van der Waals surface area contributed by atoms with Crippen molar-refractivity contribution in [3.63, 3.8) is 0 Å². The van der Waals surface area contributed by atoms with Crippen molar-refractivity contribution in [3.05, 3.63) is 59.7 Å². The number of ether oxygens (including phenoxy) is 2. The van der Waals surface area contributed by atoms with E-state index in [4.69, 9.17) is 9.47 Å². The second-order valence-corrected chi connectivity index (χ2v) is 6.05. The Bertz CT molecular complexity index is 743. The zero-order valence-corrected chi connectivity index (χ0v) is 15.5. The standard InChI is InChI=1S/C21H25NO4/c1-15(17-12-13-19(25-2)20(14-17)26-3)22-21(24)11-7-10-18(23)16-8-5-4-6-9-16/h4-6,8-9,12-15H,7,10-11H2,1-3H3,(H,22,24). The van der Waals surface area contributed by atoms with E-state index >= 15 is 0 Å². The highest BCUT2D eigenvalue weighted by molar-refractivity contribution is 5.96. The van der Waals surface area contributed by atoms with E-state index in [0.29, 0.717) is 36.3 Å². The maximum atomic E-state index is 12.1. The number of carbonyl (C=O) groups is 2. The third kappa shape index (κ3) is 5.34. The first kappa shape index (κ1) is 19.5. The molecule has 2 aromatic rings. The van der Waals surface area contributed by atoms with Crippen LogP contribution < -0.4 is 14.8 Å². The molecular formula is C21H25NO4. The van der Waals surface area contributed by atoms with Gasteiger partial charge in [-0.1, -0.05) is 36.4 Å². The van der Waals surface area contributed by atoms with Crippen LogP contribution in [0, 0.1) is 0 Å². The maximum Gasteiger partial charge on any atom is 0.220 e. The average molecular weight is 355 g/mol. The predicted molar refractivity (Wildman–Crippen MR) is 101 cm³/mol. The first-order valence-corrected chi connectivity index (χ1v) is 8.64. The van der Waals surface area contributed by atoms with Crippen LogP contribution in [-0.4, -0.2) is 25.9 Å². The minimum absolute atomic E-state index is 0.0614. The molecule has 26 heavy (non-hydrogen) atoms. The lowest BCUT2D eigenvalue weighted by Crippen LogP contribution is -2.26. The van der Waals surface area contributed by atoms with Gasteiger partial charge < -0.3 is 14.8 Å². The molecule has 5 heteroatoms. The number of ketones is 1. The molecule has 0 aliphatic heterocycles. The van der Waals surface area contributed by atoms with Crippen molar-refractivity contribution in [2.45, 2.75) is 32.2 Å². The van der Waals surface area contributed by atoms with E-state index in [1.807, 2.05) is 43.3 Å². The van der Waals surface area contributed by atoms with Gasteiger partial charge in [0.25, 0.3) is 0 Å². The van der Waals surface area contributed by atoms with Gasteiger partial charge in [0.2, 0.25) is 5.91 Å². The van der Waals surface area contributed by atoms with Crippen LogP contribution in [0.15, 0.2) is 48.5 Å². The van der Waals surface area contributed by atoms with E-state index in [-0.39, 0.29) is 17.7 Å². The summed E-state index contributed by atoms with van der Waals surface area (Å²) in [6.45, 7) is 1.91. The van der Waals surface area contributed by atoms with Gasteiger partial charge in [0.1, 0.15) is 0 Å². The Morgan fingerprint density at radius 3 is 2.31 bits per heavy atom. The van der Waals surface area contributed by atoms with Crippen LogP contribution in [0.2, 0.25) is 0 Å². The number of carbonyl (C=O) groups excluding carboxylic acids is 2. The SMILES string of the molecule is COc1ccc(C(C)NC(=O)CCCC(=O)c2ccccc2)cc1OC. The fourth-order valence-corrected chi connectivity index (χ4v) is 2.70. The molecular weight excluding hydrogens is 330 g/mol. The number of benzene rings is 2. The number of nitrogens with one attached hydrogen (secondary N) is 1. The average Bonchev–Trinajstić information content (AvgIpc) is 2.67. The maximum absolute atomic E-state index is 12.1. The minimum Gasteiger partial charge on any atom is -0.493 e. The third-order valence-corrected chi connectivity index (χ3v) is 4.19. The normalized spacial score (nSPS) is 11.5. The molecule has 138 valence electrons. The Labute approximate surface area is 154 Å². The Kier molecular flexibility index (Phi) is 7.21. The Morgan fingerprint density at radius 2 is 1.65 bits per heavy atom. The lowest BCUT2D eigenvalue weighted by atomic mass is 10.0. The summed E-state index contributed by atoms with van der Waals surface area (Å²) in [4.78, 5) is 24.2. The molecule has 0 fully saturated rings. The predicted octanol–water partition coefficient (Wildman–Crippen LogP) is 3.93. The van der Waals surface area contributed by atoms with Crippen LogP contribution in [-0.2, 0) is 4.79 Å². The molecule has 0 saturated carbocycles. The summed E-state index contributed by atoms with van der Waals surface area (Å²) in [7, 11) is 3.16. The number of amides is 1. The summed E-state index contributed by atoms with van der Waals surface area (Å²) in [5, 5.41) is 2.95. The molecule has 0 bridgehead atoms. The van der Waals surface area contributed by atoms with Crippen LogP contribution >= 0.6 is 0 Å². The second kappa shape index (κ2) is 9.61. The molecule has 5 nitrogen and oxygen atoms in total. The van der Waals surface area contributed by atoms with Gasteiger partial charge in [-0.25, -0.2) is 0 Å². The molecule has 2 aromatic carbocycles. The first-order valence-electron chi connectivity index (χ1n) is 8.64.